The number of likely N-dealkylation sites (N-methyl/N-ethyl adjacent to an activating group) is 1. The van der Waals surface area contributed by atoms with E-state index in [2.05, 4.69) is 16.4 Å². The van der Waals surface area contributed by atoms with Gasteiger partial charge in [0.1, 0.15) is 0 Å². The molecule has 1 saturated carbocycles. The SMILES string of the molecule is COCCN1C(=O)C2C(=NC3=[N+]2CC(C)CN3C2CCCCC2)N(C)C1=O. The average Bonchev–Trinajstić information content (AvgIpc) is 3.06. The molecule has 4 aliphatic rings. The molecule has 0 aromatic carbocycles. The van der Waals surface area contributed by atoms with Crippen molar-refractivity contribution in [2.45, 2.75) is 51.1 Å². The molecule has 3 heterocycles. The monoisotopic (exact) mass is 376 g/mol. The van der Waals surface area contributed by atoms with Gasteiger partial charge in [-0.3, -0.25) is 19.5 Å². The first-order valence-corrected chi connectivity index (χ1v) is 10.1. The number of guanidine groups is 1. The van der Waals surface area contributed by atoms with Crippen LogP contribution >= 0.6 is 0 Å². The van der Waals surface area contributed by atoms with Gasteiger partial charge >= 0.3 is 12.0 Å². The Kier molecular flexibility index (Phi) is 4.92. The number of hydrogen-bond donors (Lipinski definition) is 0. The van der Waals surface area contributed by atoms with Crippen LogP contribution in [0.5, 0.6) is 0 Å². The van der Waals surface area contributed by atoms with Gasteiger partial charge in [0.25, 0.3) is 5.91 Å². The molecule has 0 bridgehead atoms. The van der Waals surface area contributed by atoms with E-state index in [0.29, 0.717) is 24.4 Å². The summed E-state index contributed by atoms with van der Waals surface area (Å²) in [5.74, 6) is 1.74. The highest BCUT2D eigenvalue weighted by atomic mass is 16.5. The van der Waals surface area contributed by atoms with Crippen LogP contribution in [0.25, 0.3) is 0 Å². The Morgan fingerprint density at radius 1 is 1.22 bits per heavy atom. The average molecular weight is 376 g/mol. The Labute approximate surface area is 160 Å². The molecule has 1 saturated heterocycles. The van der Waals surface area contributed by atoms with Crippen LogP contribution in [0.1, 0.15) is 39.0 Å². The molecule has 0 aromatic rings. The molecule has 3 amide bonds. The van der Waals surface area contributed by atoms with E-state index in [9.17, 15) is 9.59 Å². The third-order valence-corrected chi connectivity index (χ3v) is 6.20. The minimum atomic E-state index is -0.492. The lowest BCUT2D eigenvalue weighted by atomic mass is 9.93. The number of methoxy groups -OCH3 is 1. The lowest BCUT2D eigenvalue weighted by Crippen LogP contribution is -2.64. The summed E-state index contributed by atoms with van der Waals surface area (Å²) >= 11 is 0. The van der Waals surface area contributed by atoms with Crippen LogP contribution in [-0.2, 0) is 9.53 Å². The maximum Gasteiger partial charge on any atom is 0.392 e. The van der Waals surface area contributed by atoms with E-state index in [1.807, 2.05) is 0 Å². The van der Waals surface area contributed by atoms with Crippen molar-refractivity contribution in [3.63, 3.8) is 0 Å². The summed E-state index contributed by atoms with van der Waals surface area (Å²) in [6, 6.07) is -0.317. The molecule has 0 aromatic heterocycles. The Bertz CT molecular complexity index is 697. The van der Waals surface area contributed by atoms with Crippen molar-refractivity contribution in [1.82, 2.24) is 14.7 Å². The highest BCUT2D eigenvalue weighted by Crippen LogP contribution is 2.30. The van der Waals surface area contributed by atoms with Crippen LogP contribution in [0.2, 0.25) is 0 Å². The summed E-state index contributed by atoms with van der Waals surface area (Å²) in [6.07, 6.45) is 6.18. The normalized spacial score (nSPS) is 29.3. The largest absolute Gasteiger partial charge is 0.392 e. The van der Waals surface area contributed by atoms with E-state index < -0.39 is 6.04 Å². The summed E-state index contributed by atoms with van der Waals surface area (Å²) in [7, 11) is 3.29. The fraction of sp³-hybridized carbons (Fsp3) is 0.789. The van der Waals surface area contributed by atoms with Crippen molar-refractivity contribution in [2.75, 3.05) is 40.4 Å². The zero-order valence-electron chi connectivity index (χ0n) is 16.6. The topological polar surface area (TPSA) is 68.5 Å². The van der Waals surface area contributed by atoms with Crippen LogP contribution in [0.4, 0.5) is 4.79 Å². The molecule has 0 radical (unpaired) electrons. The van der Waals surface area contributed by atoms with E-state index in [1.54, 1.807) is 14.2 Å². The van der Waals surface area contributed by atoms with Crippen LogP contribution in [-0.4, -0.2) is 95.5 Å². The number of carbonyl (C=O) groups is 2. The maximum absolute atomic E-state index is 13.2. The van der Waals surface area contributed by atoms with Crippen LogP contribution in [0.3, 0.4) is 0 Å². The van der Waals surface area contributed by atoms with Gasteiger partial charge in [0.05, 0.1) is 32.3 Å². The second kappa shape index (κ2) is 7.22. The summed E-state index contributed by atoms with van der Waals surface area (Å²) in [5.41, 5.74) is 0. The van der Waals surface area contributed by atoms with E-state index >= 15 is 0 Å². The first-order valence-electron chi connectivity index (χ1n) is 10.1. The first-order chi connectivity index (χ1) is 13.0. The molecule has 27 heavy (non-hydrogen) atoms. The molecule has 8 heteroatoms. The molecule has 4 rings (SSSR count). The number of rotatable bonds is 4. The van der Waals surface area contributed by atoms with Crippen LogP contribution in [0, 0.1) is 5.92 Å². The van der Waals surface area contributed by atoms with Gasteiger partial charge in [-0.05, 0) is 12.8 Å². The maximum atomic E-state index is 13.2. The molecule has 3 aliphatic heterocycles. The van der Waals surface area contributed by atoms with Gasteiger partial charge in [0.2, 0.25) is 11.9 Å². The lowest BCUT2D eigenvalue weighted by Gasteiger charge is -2.37. The summed E-state index contributed by atoms with van der Waals surface area (Å²) in [4.78, 5) is 36.0. The lowest BCUT2D eigenvalue weighted by molar-refractivity contribution is -0.552. The standard InChI is InChI=1S/C19H30N5O3/c1-13-11-23(14-7-5-4-6-8-14)18-20-16-15(24(18)12-13)17(25)22(9-10-27-3)19(26)21(16)2/h13-15H,4-12H2,1-3H3/q+1. The van der Waals surface area contributed by atoms with Crippen molar-refractivity contribution in [3.05, 3.63) is 0 Å². The number of amidine groups is 1. The third-order valence-electron chi connectivity index (χ3n) is 6.20. The molecule has 148 valence electrons. The molecule has 0 spiro atoms. The van der Waals surface area contributed by atoms with Crippen LogP contribution in [0.15, 0.2) is 4.99 Å². The third kappa shape index (κ3) is 3.03. The number of hydrogen-bond acceptors (Lipinski definition) is 5. The van der Waals surface area contributed by atoms with E-state index in [0.717, 1.165) is 19.0 Å². The number of fused-ring (bicyclic) bond motifs is 2. The Morgan fingerprint density at radius 3 is 2.67 bits per heavy atom. The summed E-state index contributed by atoms with van der Waals surface area (Å²) in [6.45, 7) is 4.61. The summed E-state index contributed by atoms with van der Waals surface area (Å²) < 4.78 is 7.21. The Balaban J connectivity index is 1.68. The van der Waals surface area contributed by atoms with E-state index in [-0.39, 0.29) is 18.5 Å². The van der Waals surface area contributed by atoms with Gasteiger partial charge in [-0.25, -0.2) is 9.37 Å². The number of imide groups is 1. The fourth-order valence-corrected chi connectivity index (χ4v) is 4.83. The van der Waals surface area contributed by atoms with Gasteiger partial charge in [-0.15, -0.1) is 0 Å². The minimum absolute atomic E-state index is 0.179. The predicted octanol–water partition coefficient (Wildman–Crippen LogP) is 0.960. The van der Waals surface area contributed by atoms with E-state index in [1.165, 1.54) is 41.9 Å². The predicted molar refractivity (Wildman–Crippen MR) is 101 cm³/mol. The molecule has 2 fully saturated rings. The number of aliphatic imine (C=N–C) groups is 1. The quantitative estimate of drug-likeness (QED) is 0.686. The fourth-order valence-electron chi connectivity index (χ4n) is 4.83. The number of urea groups is 1. The minimum Gasteiger partial charge on any atom is -0.383 e. The molecule has 2 atom stereocenters. The van der Waals surface area contributed by atoms with Gasteiger partial charge in [0, 0.05) is 20.1 Å². The van der Waals surface area contributed by atoms with E-state index in [4.69, 9.17) is 9.73 Å². The van der Waals surface area contributed by atoms with Crippen LogP contribution < -0.4 is 0 Å². The Hall–Kier alpha value is -1.96. The van der Waals surface area contributed by atoms with Crippen molar-refractivity contribution in [1.29, 1.82) is 0 Å². The molecule has 0 N–H and O–H groups in total. The molecular formula is C19H30N5O3+. The number of amides is 3. The zero-order valence-corrected chi connectivity index (χ0v) is 16.6. The van der Waals surface area contributed by atoms with Crippen molar-refractivity contribution < 1.29 is 18.9 Å². The highest BCUT2D eigenvalue weighted by molar-refractivity contribution is 6.22. The summed E-state index contributed by atoms with van der Waals surface area (Å²) in [5, 5.41) is 0. The molecule has 1 aliphatic carbocycles. The molecule has 8 nitrogen and oxygen atoms in total. The van der Waals surface area contributed by atoms with Gasteiger partial charge in [-0.1, -0.05) is 31.2 Å². The smallest absolute Gasteiger partial charge is 0.383 e. The molecular weight excluding hydrogens is 346 g/mol. The second-order valence-electron chi connectivity index (χ2n) is 8.20. The second-order valence-corrected chi connectivity index (χ2v) is 8.20. The van der Waals surface area contributed by atoms with Crippen molar-refractivity contribution >= 4 is 23.7 Å². The van der Waals surface area contributed by atoms with Gasteiger partial charge < -0.3 is 4.74 Å². The zero-order chi connectivity index (χ0) is 19.1. The van der Waals surface area contributed by atoms with Gasteiger partial charge in [-0.2, -0.15) is 0 Å². The Morgan fingerprint density at radius 2 is 1.96 bits per heavy atom. The first kappa shape index (κ1) is 18.4. The number of nitrogens with zero attached hydrogens (tertiary/aromatic N) is 5. The molecule has 2 unspecified atom stereocenters. The van der Waals surface area contributed by atoms with Crippen molar-refractivity contribution in [2.24, 2.45) is 10.9 Å². The van der Waals surface area contributed by atoms with Gasteiger partial charge in [0.15, 0.2) is 0 Å². The highest BCUT2D eigenvalue weighted by Gasteiger charge is 2.55. The number of ether oxygens (including phenoxy) is 1. The van der Waals surface area contributed by atoms with Crippen molar-refractivity contribution in [3.8, 4) is 0 Å². The number of carbonyl (C=O) groups excluding carboxylic acids is 2.